The normalized spacial score (nSPS) is 36.0. The van der Waals surface area contributed by atoms with E-state index in [0.29, 0.717) is 18.2 Å². The van der Waals surface area contributed by atoms with Gasteiger partial charge in [0.25, 0.3) is 0 Å². The summed E-state index contributed by atoms with van der Waals surface area (Å²) in [5, 5.41) is 8.84. The fourth-order valence-corrected chi connectivity index (χ4v) is 3.76. The second kappa shape index (κ2) is 5.02. The minimum Gasteiger partial charge on any atom is -0.478 e. The average Bonchev–Trinajstić information content (AvgIpc) is 2.88. The lowest BCUT2D eigenvalue weighted by atomic mass is 9.96. The Morgan fingerprint density at radius 3 is 2.61 bits per heavy atom. The van der Waals surface area contributed by atoms with E-state index in [2.05, 4.69) is 4.90 Å². The molecule has 3 saturated heterocycles. The number of carboxylic acids is 1. The predicted molar refractivity (Wildman–Crippen MR) is 67.4 cm³/mol. The van der Waals surface area contributed by atoms with E-state index in [1.54, 1.807) is 0 Å². The van der Waals surface area contributed by atoms with Crippen LogP contribution in [0.4, 0.5) is 0 Å². The molecule has 0 aromatic heterocycles. The number of ether oxygens (including phenoxy) is 1. The third kappa shape index (κ3) is 2.45. The van der Waals surface area contributed by atoms with Gasteiger partial charge in [-0.05, 0) is 38.5 Å². The van der Waals surface area contributed by atoms with Crippen LogP contribution in [-0.4, -0.2) is 47.3 Å². The lowest BCUT2D eigenvalue weighted by molar-refractivity contribution is -0.131. The first-order valence-corrected chi connectivity index (χ1v) is 7.02. The van der Waals surface area contributed by atoms with Crippen LogP contribution in [0.5, 0.6) is 0 Å². The van der Waals surface area contributed by atoms with Crippen LogP contribution < -0.4 is 0 Å². The van der Waals surface area contributed by atoms with E-state index in [9.17, 15) is 4.79 Å². The Kier molecular flexibility index (Phi) is 3.39. The summed E-state index contributed by atoms with van der Waals surface area (Å²) < 4.78 is 5.72. The summed E-state index contributed by atoms with van der Waals surface area (Å²) >= 11 is 0. The monoisotopic (exact) mass is 251 g/mol. The zero-order chi connectivity index (χ0) is 12.5. The standard InChI is InChI=1S/C14H21NO3/c16-14(17)8-10-6-11-3-4-12(7-10)15(11)9-13-2-1-5-18-13/h8,11-13H,1-7,9H2,(H,16,17). The van der Waals surface area contributed by atoms with E-state index in [-0.39, 0.29) is 0 Å². The van der Waals surface area contributed by atoms with Gasteiger partial charge in [0.1, 0.15) is 0 Å². The number of fused-ring (bicyclic) bond motifs is 2. The molecule has 3 heterocycles. The molecular formula is C14H21NO3. The van der Waals surface area contributed by atoms with Crippen LogP contribution in [-0.2, 0) is 9.53 Å². The number of hydrogen-bond acceptors (Lipinski definition) is 3. The van der Waals surface area contributed by atoms with E-state index >= 15 is 0 Å². The predicted octanol–water partition coefficient (Wildman–Crippen LogP) is 1.80. The highest BCUT2D eigenvalue weighted by Gasteiger charge is 2.39. The van der Waals surface area contributed by atoms with Crippen molar-refractivity contribution in [2.75, 3.05) is 13.2 Å². The molecule has 0 aliphatic carbocycles. The number of rotatable bonds is 3. The first-order chi connectivity index (χ1) is 8.72. The first kappa shape index (κ1) is 12.2. The molecule has 100 valence electrons. The van der Waals surface area contributed by atoms with Crippen LogP contribution in [0.25, 0.3) is 0 Å². The summed E-state index contributed by atoms with van der Waals surface area (Å²) in [4.78, 5) is 13.3. The van der Waals surface area contributed by atoms with Gasteiger partial charge in [0, 0.05) is 31.3 Å². The number of aliphatic carboxylic acids is 1. The summed E-state index contributed by atoms with van der Waals surface area (Å²) in [7, 11) is 0. The van der Waals surface area contributed by atoms with Crippen molar-refractivity contribution in [3.63, 3.8) is 0 Å². The van der Waals surface area contributed by atoms with Crippen molar-refractivity contribution in [3.05, 3.63) is 11.6 Å². The van der Waals surface area contributed by atoms with Gasteiger partial charge in [0.2, 0.25) is 0 Å². The number of carbonyl (C=O) groups is 1. The van der Waals surface area contributed by atoms with E-state index in [4.69, 9.17) is 9.84 Å². The molecule has 0 amide bonds. The van der Waals surface area contributed by atoms with Gasteiger partial charge >= 0.3 is 5.97 Å². The van der Waals surface area contributed by atoms with Crippen LogP contribution in [0.1, 0.15) is 38.5 Å². The highest BCUT2D eigenvalue weighted by Crippen LogP contribution is 2.38. The van der Waals surface area contributed by atoms with Gasteiger partial charge < -0.3 is 9.84 Å². The average molecular weight is 251 g/mol. The lowest BCUT2D eigenvalue weighted by Gasteiger charge is -2.37. The summed E-state index contributed by atoms with van der Waals surface area (Å²) in [6.45, 7) is 1.97. The lowest BCUT2D eigenvalue weighted by Crippen LogP contribution is -2.44. The summed E-state index contributed by atoms with van der Waals surface area (Å²) in [6, 6.07) is 1.11. The molecule has 3 fully saturated rings. The molecule has 3 atom stereocenters. The molecule has 3 aliphatic rings. The van der Waals surface area contributed by atoms with Crippen molar-refractivity contribution < 1.29 is 14.6 Å². The smallest absolute Gasteiger partial charge is 0.328 e. The van der Waals surface area contributed by atoms with E-state index in [1.807, 2.05) is 0 Å². The molecule has 0 saturated carbocycles. The minimum atomic E-state index is -0.794. The summed E-state index contributed by atoms with van der Waals surface area (Å²) in [5.74, 6) is -0.794. The maximum absolute atomic E-state index is 10.8. The molecule has 3 aliphatic heterocycles. The highest BCUT2D eigenvalue weighted by atomic mass is 16.5. The molecule has 4 heteroatoms. The summed E-state index contributed by atoms with van der Waals surface area (Å²) in [5.41, 5.74) is 1.12. The van der Waals surface area contributed by atoms with Gasteiger partial charge in [-0.15, -0.1) is 0 Å². The number of nitrogens with zero attached hydrogens (tertiary/aromatic N) is 1. The Hall–Kier alpha value is -0.870. The van der Waals surface area contributed by atoms with Crippen molar-refractivity contribution in [2.45, 2.75) is 56.7 Å². The van der Waals surface area contributed by atoms with Crippen LogP contribution in [0, 0.1) is 0 Å². The Bertz CT molecular complexity index is 344. The maximum atomic E-state index is 10.8. The fraction of sp³-hybridized carbons (Fsp3) is 0.786. The fourth-order valence-electron chi connectivity index (χ4n) is 3.76. The third-order valence-electron chi connectivity index (χ3n) is 4.53. The van der Waals surface area contributed by atoms with Crippen LogP contribution in [0.2, 0.25) is 0 Å². The Balaban J connectivity index is 1.64. The second-order valence-corrected chi connectivity index (χ2v) is 5.77. The zero-order valence-corrected chi connectivity index (χ0v) is 10.7. The van der Waals surface area contributed by atoms with Gasteiger partial charge in [-0.25, -0.2) is 4.79 Å². The van der Waals surface area contributed by atoms with Gasteiger partial charge in [-0.3, -0.25) is 4.90 Å². The number of carboxylic acid groups (broad SMARTS) is 1. The largest absolute Gasteiger partial charge is 0.478 e. The van der Waals surface area contributed by atoms with Gasteiger partial charge in [-0.1, -0.05) is 5.57 Å². The van der Waals surface area contributed by atoms with Gasteiger partial charge in [0.15, 0.2) is 0 Å². The van der Waals surface area contributed by atoms with Crippen molar-refractivity contribution in [2.24, 2.45) is 0 Å². The Morgan fingerprint density at radius 2 is 2.06 bits per heavy atom. The van der Waals surface area contributed by atoms with E-state index < -0.39 is 5.97 Å². The minimum absolute atomic E-state index is 0.415. The molecule has 0 aromatic carbocycles. The quantitative estimate of drug-likeness (QED) is 0.777. The van der Waals surface area contributed by atoms with Crippen molar-refractivity contribution >= 4 is 5.97 Å². The number of piperidine rings is 1. The number of hydrogen-bond donors (Lipinski definition) is 1. The highest BCUT2D eigenvalue weighted by molar-refractivity contribution is 5.80. The van der Waals surface area contributed by atoms with Gasteiger partial charge in [0.05, 0.1) is 6.10 Å². The molecule has 2 bridgehead atoms. The SMILES string of the molecule is O=C(O)C=C1CC2CCC(C1)N2CC1CCCO1. The van der Waals surface area contributed by atoms with Crippen molar-refractivity contribution in [1.29, 1.82) is 0 Å². The van der Waals surface area contributed by atoms with Gasteiger partial charge in [-0.2, -0.15) is 0 Å². The molecule has 4 nitrogen and oxygen atoms in total. The molecule has 1 N–H and O–H groups in total. The second-order valence-electron chi connectivity index (χ2n) is 5.77. The first-order valence-electron chi connectivity index (χ1n) is 7.02. The molecule has 3 unspecified atom stereocenters. The van der Waals surface area contributed by atoms with Crippen molar-refractivity contribution in [3.8, 4) is 0 Å². The van der Waals surface area contributed by atoms with Crippen LogP contribution in [0.15, 0.2) is 11.6 Å². The molecule has 0 spiro atoms. The topological polar surface area (TPSA) is 49.8 Å². The van der Waals surface area contributed by atoms with Crippen LogP contribution in [0.3, 0.4) is 0 Å². The van der Waals surface area contributed by atoms with Crippen LogP contribution >= 0.6 is 0 Å². The van der Waals surface area contributed by atoms with E-state index in [1.165, 1.54) is 31.8 Å². The molecule has 0 aromatic rings. The van der Waals surface area contributed by atoms with Crippen molar-refractivity contribution in [1.82, 2.24) is 4.90 Å². The third-order valence-corrected chi connectivity index (χ3v) is 4.53. The summed E-state index contributed by atoms with van der Waals surface area (Å²) in [6.07, 6.45) is 8.53. The zero-order valence-electron chi connectivity index (χ0n) is 10.7. The maximum Gasteiger partial charge on any atom is 0.328 e. The molecule has 3 rings (SSSR count). The Labute approximate surface area is 108 Å². The molecule has 18 heavy (non-hydrogen) atoms. The molecular weight excluding hydrogens is 230 g/mol. The molecule has 0 radical (unpaired) electrons. The Morgan fingerprint density at radius 1 is 1.33 bits per heavy atom. The van der Waals surface area contributed by atoms with E-state index in [0.717, 1.165) is 31.6 Å².